The molecule has 0 aromatic heterocycles. The number of hydrogen-bond acceptors (Lipinski definition) is 4. The van der Waals surface area contributed by atoms with Gasteiger partial charge in [0.1, 0.15) is 0 Å². The zero-order valence-electron chi connectivity index (χ0n) is 10.2. The summed E-state index contributed by atoms with van der Waals surface area (Å²) in [6.07, 6.45) is 3.37. The summed E-state index contributed by atoms with van der Waals surface area (Å²) in [7, 11) is 1.92. The molecule has 1 aliphatic rings. The highest BCUT2D eigenvalue weighted by atomic mass is 16.5. The minimum absolute atomic E-state index is 0.132. The lowest BCUT2D eigenvalue weighted by atomic mass is 10.2. The highest BCUT2D eigenvalue weighted by molar-refractivity contribution is 5.80. The molecule has 1 saturated carbocycles. The Morgan fingerprint density at radius 3 is 2.81 bits per heavy atom. The van der Waals surface area contributed by atoms with Gasteiger partial charge in [-0.1, -0.05) is 6.92 Å². The summed E-state index contributed by atoms with van der Waals surface area (Å²) in [6.45, 7) is 4.29. The average molecular weight is 229 g/mol. The van der Waals surface area contributed by atoms with Gasteiger partial charge in [-0.2, -0.15) is 0 Å². The zero-order valence-corrected chi connectivity index (χ0v) is 10.2. The molecular formula is C11H23N3O2. The van der Waals surface area contributed by atoms with Crippen molar-refractivity contribution < 1.29 is 9.53 Å². The van der Waals surface area contributed by atoms with Gasteiger partial charge in [-0.05, 0) is 32.2 Å². The number of rotatable bonds is 8. The Labute approximate surface area is 97.3 Å². The standard InChI is InChI=1S/C11H23N3O2/c1-3-10(11(15)13-12)14(2)6-7-16-8-9-4-5-9/h9-10H,3-8,12H2,1-2H3,(H,13,15). The molecule has 1 amide bonds. The third kappa shape index (κ3) is 4.47. The van der Waals surface area contributed by atoms with E-state index in [2.05, 4.69) is 5.43 Å². The third-order valence-corrected chi connectivity index (χ3v) is 3.00. The smallest absolute Gasteiger partial charge is 0.251 e. The predicted octanol–water partition coefficient (Wildman–Crippen LogP) is 0.113. The fraction of sp³-hybridized carbons (Fsp3) is 0.909. The Hall–Kier alpha value is -0.650. The number of nitrogens with zero attached hydrogens (tertiary/aromatic N) is 1. The van der Waals surface area contributed by atoms with Gasteiger partial charge in [-0.3, -0.25) is 15.1 Å². The monoisotopic (exact) mass is 229 g/mol. The van der Waals surface area contributed by atoms with Gasteiger partial charge in [0, 0.05) is 13.2 Å². The Balaban J connectivity index is 2.14. The molecule has 1 rings (SSSR count). The molecule has 0 spiro atoms. The maximum Gasteiger partial charge on any atom is 0.251 e. The topological polar surface area (TPSA) is 67.6 Å². The van der Waals surface area contributed by atoms with Crippen LogP contribution in [0.25, 0.3) is 0 Å². The number of nitrogens with two attached hydrogens (primary N) is 1. The van der Waals surface area contributed by atoms with E-state index in [1.54, 1.807) is 0 Å². The summed E-state index contributed by atoms with van der Waals surface area (Å²) in [6, 6.07) is -0.158. The van der Waals surface area contributed by atoms with E-state index >= 15 is 0 Å². The number of hydrogen-bond donors (Lipinski definition) is 2. The fourth-order valence-corrected chi connectivity index (χ4v) is 1.69. The van der Waals surface area contributed by atoms with Crippen LogP contribution in [0.15, 0.2) is 0 Å². The van der Waals surface area contributed by atoms with Crippen molar-refractivity contribution in [2.45, 2.75) is 32.2 Å². The van der Waals surface area contributed by atoms with Crippen LogP contribution in [0.4, 0.5) is 0 Å². The first-order valence-corrected chi connectivity index (χ1v) is 5.97. The molecule has 0 radical (unpaired) electrons. The van der Waals surface area contributed by atoms with Gasteiger partial charge in [0.15, 0.2) is 0 Å². The molecule has 5 nitrogen and oxygen atoms in total. The first-order valence-electron chi connectivity index (χ1n) is 5.97. The van der Waals surface area contributed by atoms with Crippen molar-refractivity contribution in [2.24, 2.45) is 11.8 Å². The van der Waals surface area contributed by atoms with E-state index in [1.165, 1.54) is 12.8 Å². The summed E-state index contributed by atoms with van der Waals surface area (Å²) in [5, 5.41) is 0. The Kier molecular flexibility index (Phi) is 5.73. The summed E-state index contributed by atoms with van der Waals surface area (Å²) < 4.78 is 5.53. The largest absolute Gasteiger partial charge is 0.380 e. The van der Waals surface area contributed by atoms with Gasteiger partial charge in [0.05, 0.1) is 12.6 Å². The second kappa shape index (κ2) is 6.83. The van der Waals surface area contributed by atoms with E-state index in [0.29, 0.717) is 6.61 Å². The van der Waals surface area contributed by atoms with Crippen LogP contribution >= 0.6 is 0 Å². The van der Waals surface area contributed by atoms with Crippen molar-refractivity contribution in [3.8, 4) is 0 Å². The van der Waals surface area contributed by atoms with Crippen LogP contribution < -0.4 is 11.3 Å². The van der Waals surface area contributed by atoms with Crippen LogP contribution in [0.3, 0.4) is 0 Å². The SMILES string of the molecule is CCC(C(=O)NN)N(C)CCOCC1CC1. The quantitative estimate of drug-likeness (QED) is 0.268. The summed E-state index contributed by atoms with van der Waals surface area (Å²) in [4.78, 5) is 13.4. The lowest BCUT2D eigenvalue weighted by molar-refractivity contribution is -0.126. The highest BCUT2D eigenvalue weighted by Gasteiger charge is 2.22. The van der Waals surface area contributed by atoms with E-state index in [-0.39, 0.29) is 11.9 Å². The van der Waals surface area contributed by atoms with E-state index in [0.717, 1.165) is 25.5 Å². The van der Waals surface area contributed by atoms with Crippen LogP contribution in [0.2, 0.25) is 0 Å². The van der Waals surface area contributed by atoms with Crippen LogP contribution in [-0.4, -0.2) is 43.7 Å². The number of amides is 1. The predicted molar refractivity (Wildman–Crippen MR) is 62.6 cm³/mol. The summed E-state index contributed by atoms with van der Waals surface area (Å²) in [5.41, 5.74) is 2.19. The summed E-state index contributed by atoms with van der Waals surface area (Å²) >= 11 is 0. The van der Waals surface area contributed by atoms with E-state index in [9.17, 15) is 4.79 Å². The van der Waals surface area contributed by atoms with Crippen molar-refractivity contribution in [1.82, 2.24) is 10.3 Å². The molecule has 5 heteroatoms. The van der Waals surface area contributed by atoms with Crippen molar-refractivity contribution in [3.63, 3.8) is 0 Å². The molecular weight excluding hydrogens is 206 g/mol. The number of ether oxygens (including phenoxy) is 1. The van der Waals surface area contributed by atoms with Crippen molar-refractivity contribution in [1.29, 1.82) is 0 Å². The molecule has 0 heterocycles. The van der Waals surface area contributed by atoms with Crippen molar-refractivity contribution in [3.05, 3.63) is 0 Å². The van der Waals surface area contributed by atoms with Gasteiger partial charge in [0.25, 0.3) is 5.91 Å². The Morgan fingerprint density at radius 1 is 1.62 bits per heavy atom. The maximum absolute atomic E-state index is 11.4. The van der Waals surface area contributed by atoms with E-state index in [1.807, 2.05) is 18.9 Å². The summed E-state index contributed by atoms with van der Waals surface area (Å²) in [5.74, 6) is 5.79. The molecule has 1 atom stereocenters. The molecule has 1 fully saturated rings. The molecule has 94 valence electrons. The van der Waals surface area contributed by atoms with E-state index in [4.69, 9.17) is 10.6 Å². The molecule has 1 aliphatic carbocycles. The highest BCUT2D eigenvalue weighted by Crippen LogP contribution is 2.28. The molecule has 0 bridgehead atoms. The zero-order chi connectivity index (χ0) is 12.0. The molecule has 0 aromatic rings. The van der Waals surface area contributed by atoms with Crippen LogP contribution in [-0.2, 0) is 9.53 Å². The Morgan fingerprint density at radius 2 is 2.31 bits per heavy atom. The number of carbonyl (C=O) groups excluding carboxylic acids is 1. The lowest BCUT2D eigenvalue weighted by Crippen LogP contribution is -2.48. The van der Waals surface area contributed by atoms with Gasteiger partial charge >= 0.3 is 0 Å². The second-order valence-corrected chi connectivity index (χ2v) is 4.43. The number of carbonyl (C=O) groups is 1. The van der Waals surface area contributed by atoms with Crippen LogP contribution in [0.1, 0.15) is 26.2 Å². The number of nitrogens with one attached hydrogen (secondary N) is 1. The fourth-order valence-electron chi connectivity index (χ4n) is 1.69. The molecule has 0 aliphatic heterocycles. The first-order chi connectivity index (χ1) is 7.69. The van der Waals surface area contributed by atoms with Crippen LogP contribution in [0, 0.1) is 5.92 Å². The van der Waals surface area contributed by atoms with Gasteiger partial charge in [0.2, 0.25) is 0 Å². The minimum atomic E-state index is -0.158. The van der Waals surface area contributed by atoms with Crippen LogP contribution in [0.5, 0.6) is 0 Å². The second-order valence-electron chi connectivity index (χ2n) is 4.43. The third-order valence-electron chi connectivity index (χ3n) is 3.00. The van der Waals surface area contributed by atoms with Gasteiger partial charge in [-0.25, -0.2) is 5.84 Å². The molecule has 0 saturated heterocycles. The molecule has 3 N–H and O–H groups in total. The molecule has 0 aromatic carbocycles. The number of hydrazine groups is 1. The van der Waals surface area contributed by atoms with Gasteiger partial charge in [-0.15, -0.1) is 0 Å². The first kappa shape index (κ1) is 13.4. The lowest BCUT2D eigenvalue weighted by Gasteiger charge is -2.25. The van der Waals surface area contributed by atoms with Gasteiger partial charge < -0.3 is 4.74 Å². The maximum atomic E-state index is 11.4. The Bertz CT molecular complexity index is 219. The van der Waals surface area contributed by atoms with E-state index < -0.39 is 0 Å². The van der Waals surface area contributed by atoms with Crippen molar-refractivity contribution >= 4 is 5.91 Å². The number of likely N-dealkylation sites (N-methyl/N-ethyl adjacent to an activating group) is 1. The average Bonchev–Trinajstić information content (AvgIpc) is 3.09. The normalized spacial score (nSPS) is 17.5. The molecule has 1 unspecified atom stereocenters. The minimum Gasteiger partial charge on any atom is -0.380 e. The molecule has 16 heavy (non-hydrogen) atoms. The van der Waals surface area contributed by atoms with Crippen molar-refractivity contribution in [2.75, 3.05) is 26.8 Å².